The van der Waals surface area contributed by atoms with Crippen LogP contribution in [0.15, 0.2) is 35.8 Å². The van der Waals surface area contributed by atoms with Crippen molar-refractivity contribution >= 4 is 22.9 Å². The minimum Gasteiger partial charge on any atom is -0.397 e. The van der Waals surface area contributed by atoms with Crippen molar-refractivity contribution in [1.82, 2.24) is 9.88 Å². The van der Waals surface area contributed by atoms with Gasteiger partial charge in [0.25, 0.3) is 5.91 Å². The van der Waals surface area contributed by atoms with Gasteiger partial charge < -0.3 is 10.6 Å². The molecule has 0 unspecified atom stereocenters. The largest absolute Gasteiger partial charge is 0.397 e. The first-order valence-corrected chi connectivity index (χ1v) is 6.55. The number of nitrogen functional groups attached to an aromatic ring is 1. The summed E-state index contributed by atoms with van der Waals surface area (Å²) in [7, 11) is 1.77. The van der Waals surface area contributed by atoms with Crippen molar-refractivity contribution in [3.8, 4) is 0 Å². The zero-order valence-electron chi connectivity index (χ0n) is 10.2. The van der Waals surface area contributed by atoms with Crippen LogP contribution in [0.1, 0.15) is 15.4 Å². The van der Waals surface area contributed by atoms with E-state index in [1.807, 2.05) is 11.4 Å². The number of carbonyl (C=O) groups excluding carboxylic acids is 1. The van der Waals surface area contributed by atoms with Crippen molar-refractivity contribution in [2.75, 3.05) is 19.3 Å². The number of hydrogen-bond acceptors (Lipinski definition) is 4. The third-order valence-corrected chi connectivity index (χ3v) is 3.60. The average Bonchev–Trinajstić information content (AvgIpc) is 2.89. The second kappa shape index (κ2) is 5.64. The van der Waals surface area contributed by atoms with Crippen molar-refractivity contribution in [2.45, 2.75) is 6.42 Å². The predicted molar refractivity (Wildman–Crippen MR) is 73.6 cm³/mol. The van der Waals surface area contributed by atoms with E-state index >= 15 is 0 Å². The fourth-order valence-electron chi connectivity index (χ4n) is 1.61. The first kappa shape index (κ1) is 12.6. The van der Waals surface area contributed by atoms with Gasteiger partial charge in [-0.05, 0) is 30.0 Å². The second-order valence-electron chi connectivity index (χ2n) is 4.00. The summed E-state index contributed by atoms with van der Waals surface area (Å²) in [4.78, 5) is 19.1. The second-order valence-corrected chi connectivity index (χ2v) is 5.03. The molecule has 2 aromatic rings. The van der Waals surface area contributed by atoms with E-state index in [0.29, 0.717) is 17.9 Å². The molecule has 2 heterocycles. The molecular formula is C13H15N3OS. The van der Waals surface area contributed by atoms with Gasteiger partial charge in [0.05, 0.1) is 5.69 Å². The van der Waals surface area contributed by atoms with Crippen molar-refractivity contribution in [2.24, 2.45) is 0 Å². The number of aromatic nitrogens is 1. The predicted octanol–water partition coefficient (Wildman–Crippen LogP) is 2.04. The Morgan fingerprint density at radius 1 is 1.44 bits per heavy atom. The van der Waals surface area contributed by atoms with Gasteiger partial charge in [-0.15, -0.1) is 11.3 Å². The Morgan fingerprint density at radius 2 is 2.28 bits per heavy atom. The highest BCUT2D eigenvalue weighted by Gasteiger charge is 2.15. The van der Waals surface area contributed by atoms with Gasteiger partial charge >= 0.3 is 0 Å². The Balaban J connectivity index is 1.99. The highest BCUT2D eigenvalue weighted by molar-refractivity contribution is 7.09. The normalized spacial score (nSPS) is 10.3. The van der Waals surface area contributed by atoms with E-state index in [-0.39, 0.29) is 5.91 Å². The van der Waals surface area contributed by atoms with Gasteiger partial charge in [0.1, 0.15) is 0 Å². The van der Waals surface area contributed by atoms with E-state index in [4.69, 9.17) is 5.73 Å². The summed E-state index contributed by atoms with van der Waals surface area (Å²) >= 11 is 1.70. The molecule has 0 saturated heterocycles. The van der Waals surface area contributed by atoms with E-state index in [1.165, 1.54) is 4.88 Å². The molecular weight excluding hydrogens is 246 g/mol. The maximum Gasteiger partial charge on any atom is 0.274 e. The fraction of sp³-hybridized carbons (Fsp3) is 0.231. The number of thiophene rings is 1. The summed E-state index contributed by atoms with van der Waals surface area (Å²) in [5, 5.41) is 2.04. The number of likely N-dealkylation sites (N-methyl/N-ethyl adjacent to an activating group) is 1. The van der Waals surface area contributed by atoms with Crippen LogP contribution in [-0.2, 0) is 6.42 Å². The van der Waals surface area contributed by atoms with Crippen LogP contribution < -0.4 is 5.73 Å². The number of nitrogens with zero attached hydrogens (tertiary/aromatic N) is 2. The van der Waals surface area contributed by atoms with E-state index in [9.17, 15) is 4.79 Å². The molecule has 0 atom stereocenters. The van der Waals surface area contributed by atoms with E-state index in [1.54, 1.807) is 41.6 Å². The monoisotopic (exact) mass is 261 g/mol. The molecule has 0 spiro atoms. The number of hydrogen-bond donors (Lipinski definition) is 1. The van der Waals surface area contributed by atoms with Crippen molar-refractivity contribution in [3.63, 3.8) is 0 Å². The van der Waals surface area contributed by atoms with Gasteiger partial charge in [-0.25, -0.2) is 4.98 Å². The SMILES string of the molecule is CN(CCc1cccs1)C(=O)c1ncccc1N. The number of nitrogens with two attached hydrogens (primary N) is 1. The van der Waals surface area contributed by atoms with Crippen LogP contribution >= 0.6 is 11.3 Å². The van der Waals surface area contributed by atoms with Gasteiger partial charge in [-0.2, -0.15) is 0 Å². The van der Waals surface area contributed by atoms with Crippen LogP contribution in [-0.4, -0.2) is 29.4 Å². The first-order valence-electron chi connectivity index (χ1n) is 5.67. The summed E-state index contributed by atoms with van der Waals surface area (Å²) in [5.41, 5.74) is 6.49. The molecule has 0 aliphatic carbocycles. The lowest BCUT2D eigenvalue weighted by Crippen LogP contribution is -2.30. The van der Waals surface area contributed by atoms with Crippen LogP contribution in [0, 0.1) is 0 Å². The third kappa shape index (κ3) is 2.87. The van der Waals surface area contributed by atoms with Crippen LogP contribution in [0.25, 0.3) is 0 Å². The molecule has 18 heavy (non-hydrogen) atoms. The van der Waals surface area contributed by atoms with E-state index < -0.39 is 0 Å². The van der Waals surface area contributed by atoms with Gasteiger partial charge in [0, 0.05) is 24.7 Å². The van der Waals surface area contributed by atoms with Crippen LogP contribution in [0.4, 0.5) is 5.69 Å². The number of anilines is 1. The summed E-state index contributed by atoms with van der Waals surface area (Å²) < 4.78 is 0. The number of amides is 1. The lowest BCUT2D eigenvalue weighted by molar-refractivity contribution is 0.0792. The minimum absolute atomic E-state index is 0.135. The zero-order chi connectivity index (χ0) is 13.0. The third-order valence-electron chi connectivity index (χ3n) is 2.66. The summed E-state index contributed by atoms with van der Waals surface area (Å²) in [5.74, 6) is -0.135. The van der Waals surface area contributed by atoms with Crippen LogP contribution in [0.2, 0.25) is 0 Å². The molecule has 0 aliphatic heterocycles. The fourth-order valence-corrected chi connectivity index (χ4v) is 2.31. The molecule has 2 aromatic heterocycles. The number of pyridine rings is 1. The Kier molecular flexibility index (Phi) is 3.94. The van der Waals surface area contributed by atoms with Gasteiger partial charge in [0.2, 0.25) is 0 Å². The maximum atomic E-state index is 12.1. The Labute approximate surface area is 110 Å². The standard InChI is InChI=1S/C13H15N3OS/c1-16(8-6-10-4-3-9-18-10)13(17)12-11(14)5-2-7-15-12/h2-5,7,9H,6,8,14H2,1H3. The lowest BCUT2D eigenvalue weighted by atomic mass is 10.2. The Bertz CT molecular complexity index is 525. The molecule has 0 fully saturated rings. The van der Waals surface area contributed by atoms with E-state index in [2.05, 4.69) is 11.1 Å². The molecule has 0 saturated carbocycles. The topological polar surface area (TPSA) is 59.2 Å². The van der Waals surface area contributed by atoms with Crippen molar-refractivity contribution < 1.29 is 4.79 Å². The quantitative estimate of drug-likeness (QED) is 0.916. The highest BCUT2D eigenvalue weighted by atomic mass is 32.1. The molecule has 2 rings (SSSR count). The molecule has 5 heteroatoms. The number of carbonyl (C=O) groups is 1. The lowest BCUT2D eigenvalue weighted by Gasteiger charge is -2.16. The molecule has 94 valence electrons. The zero-order valence-corrected chi connectivity index (χ0v) is 11.0. The molecule has 1 amide bonds. The number of rotatable bonds is 4. The van der Waals surface area contributed by atoms with Gasteiger partial charge in [0.15, 0.2) is 5.69 Å². The molecule has 0 radical (unpaired) electrons. The van der Waals surface area contributed by atoms with Crippen molar-refractivity contribution in [1.29, 1.82) is 0 Å². The maximum absolute atomic E-state index is 12.1. The minimum atomic E-state index is -0.135. The Hall–Kier alpha value is -1.88. The van der Waals surface area contributed by atoms with Crippen molar-refractivity contribution in [3.05, 3.63) is 46.4 Å². The highest BCUT2D eigenvalue weighted by Crippen LogP contribution is 2.12. The van der Waals surface area contributed by atoms with Gasteiger partial charge in [-0.1, -0.05) is 6.07 Å². The molecule has 4 nitrogen and oxygen atoms in total. The molecule has 0 aromatic carbocycles. The smallest absolute Gasteiger partial charge is 0.274 e. The molecule has 2 N–H and O–H groups in total. The molecule has 0 bridgehead atoms. The van der Waals surface area contributed by atoms with Gasteiger partial charge in [-0.3, -0.25) is 4.79 Å². The van der Waals surface area contributed by atoms with E-state index in [0.717, 1.165) is 6.42 Å². The molecule has 0 aliphatic rings. The Morgan fingerprint density at radius 3 is 2.94 bits per heavy atom. The first-order chi connectivity index (χ1) is 8.68. The summed E-state index contributed by atoms with van der Waals surface area (Å²) in [6.45, 7) is 0.662. The van der Waals surface area contributed by atoms with Crippen LogP contribution in [0.5, 0.6) is 0 Å². The average molecular weight is 261 g/mol. The van der Waals surface area contributed by atoms with Crippen LogP contribution in [0.3, 0.4) is 0 Å². The summed E-state index contributed by atoms with van der Waals surface area (Å²) in [6.07, 6.45) is 2.43. The summed E-state index contributed by atoms with van der Waals surface area (Å²) in [6, 6.07) is 7.49.